The highest BCUT2D eigenvalue weighted by atomic mass is 19.1. The highest BCUT2D eigenvalue weighted by Crippen LogP contribution is 2.48. The first-order valence-electron chi connectivity index (χ1n) is 11.2. The summed E-state index contributed by atoms with van der Waals surface area (Å²) in [4.78, 5) is 0. The molecule has 2 saturated carbocycles. The molecule has 0 aliphatic heterocycles. The van der Waals surface area contributed by atoms with Crippen LogP contribution < -0.4 is 0 Å². The number of hydrogen-bond acceptors (Lipinski definition) is 1. The number of nitrogens with zero attached hydrogens (tertiary/aromatic N) is 1. The first-order chi connectivity index (χ1) is 13.3. The van der Waals surface area contributed by atoms with Crippen LogP contribution in [-0.4, -0.2) is 0 Å². The van der Waals surface area contributed by atoms with Gasteiger partial charge in [0, 0.05) is 4.11 Å². The molecule has 1 nitrogen and oxygen atoms in total. The van der Waals surface area contributed by atoms with Crippen LogP contribution in [0.25, 0.3) is 0 Å². The fraction of sp³-hybridized carbons (Fsp3) is 0.682. The molecule has 0 saturated heterocycles. The molecule has 5 atom stereocenters. The van der Waals surface area contributed by atoms with Crippen LogP contribution in [0.2, 0.25) is 0 Å². The largest absolute Gasteiger partial charge is 0.205 e. The van der Waals surface area contributed by atoms with Gasteiger partial charge in [-0.15, -0.1) is 0 Å². The minimum atomic E-state index is -1.69. The lowest BCUT2D eigenvalue weighted by molar-refractivity contribution is 0.113. The zero-order chi connectivity index (χ0) is 20.5. The van der Waals surface area contributed by atoms with Crippen molar-refractivity contribution >= 4 is 0 Å². The van der Waals surface area contributed by atoms with Gasteiger partial charge in [-0.05, 0) is 73.4 Å². The molecule has 0 aromatic heterocycles. The van der Waals surface area contributed by atoms with Gasteiger partial charge in [0.15, 0.2) is 0 Å². The molecule has 25 heavy (non-hydrogen) atoms. The number of rotatable bonds is 5. The molecule has 136 valence electrons. The maximum atomic E-state index is 14.1. The number of halogens is 2. The van der Waals surface area contributed by atoms with Gasteiger partial charge in [0.2, 0.25) is 0 Å². The van der Waals surface area contributed by atoms with E-state index in [-0.39, 0.29) is 17.4 Å². The molecule has 3 heteroatoms. The zero-order valence-electron chi connectivity index (χ0n) is 17.9. The Hall–Kier alpha value is -1.43. The van der Waals surface area contributed by atoms with Gasteiger partial charge in [0.25, 0.3) is 0 Å². The van der Waals surface area contributed by atoms with Crippen molar-refractivity contribution in [2.45, 2.75) is 77.0 Å². The van der Waals surface area contributed by atoms with Gasteiger partial charge in [-0.25, -0.2) is 8.78 Å². The van der Waals surface area contributed by atoms with E-state index in [4.69, 9.17) is 9.37 Å². The van der Waals surface area contributed by atoms with Crippen LogP contribution in [0.1, 0.15) is 92.2 Å². The fourth-order valence-corrected chi connectivity index (χ4v) is 4.52. The van der Waals surface area contributed by atoms with E-state index in [0.717, 1.165) is 31.4 Å². The molecule has 0 heterocycles. The van der Waals surface area contributed by atoms with Crippen molar-refractivity contribution in [2.75, 3.05) is 0 Å². The average molecular weight is 348 g/mol. The van der Waals surface area contributed by atoms with Crippen molar-refractivity contribution in [1.29, 1.82) is 5.26 Å². The van der Waals surface area contributed by atoms with Crippen LogP contribution in [0.3, 0.4) is 0 Å². The van der Waals surface area contributed by atoms with Crippen molar-refractivity contribution in [3.8, 4) is 6.07 Å². The molecule has 0 radical (unpaired) electrons. The molecule has 2 aliphatic rings. The normalized spacial score (nSPS) is 35.8. The lowest BCUT2D eigenvalue weighted by Gasteiger charge is -2.42. The van der Waals surface area contributed by atoms with Crippen LogP contribution in [0.15, 0.2) is 12.1 Å². The number of unbranched alkanes of at least 4 members (excludes halogenated alkanes) is 2. The molecule has 1 aromatic carbocycles. The van der Waals surface area contributed by atoms with Crippen LogP contribution in [0.5, 0.6) is 0 Å². The van der Waals surface area contributed by atoms with E-state index >= 15 is 0 Å². The standard InChI is InChI=1S/C22H29F2N/c1-2-3-4-5-15-6-7-17-11-18(9-8-16(17)10-15)19-12-21(23)20(14-25)22(24)13-19/h12-13,15-18H,2-11H2,1H3/i9D2,11D. The van der Waals surface area contributed by atoms with Gasteiger partial charge >= 0.3 is 0 Å². The van der Waals surface area contributed by atoms with Crippen molar-refractivity contribution < 1.29 is 12.9 Å². The highest BCUT2D eigenvalue weighted by Gasteiger charge is 2.36. The number of nitriles is 1. The van der Waals surface area contributed by atoms with E-state index in [0.29, 0.717) is 12.3 Å². The molecule has 2 fully saturated rings. The minimum Gasteiger partial charge on any atom is -0.205 e. The van der Waals surface area contributed by atoms with E-state index in [2.05, 4.69) is 6.92 Å². The Bertz CT molecular complexity index is 723. The molecule has 1 aromatic rings. The Balaban J connectivity index is 1.81. The molecule has 0 bridgehead atoms. The third-order valence-electron chi connectivity index (χ3n) is 5.94. The van der Waals surface area contributed by atoms with Crippen LogP contribution >= 0.6 is 0 Å². The molecule has 3 rings (SSSR count). The molecular weight excluding hydrogens is 316 g/mol. The van der Waals surface area contributed by atoms with Crippen molar-refractivity contribution in [3.63, 3.8) is 0 Å². The van der Waals surface area contributed by atoms with E-state index in [1.54, 1.807) is 0 Å². The number of benzene rings is 1. The maximum Gasteiger partial charge on any atom is 0.144 e. The van der Waals surface area contributed by atoms with Crippen molar-refractivity contribution in [2.24, 2.45) is 17.8 Å². The minimum absolute atomic E-state index is 0.0676. The molecule has 5 unspecified atom stereocenters. The second-order valence-electron chi connectivity index (χ2n) is 7.65. The lowest BCUT2D eigenvalue weighted by Crippen LogP contribution is -2.30. The van der Waals surface area contributed by atoms with Gasteiger partial charge in [-0.3, -0.25) is 0 Å². The first kappa shape index (κ1) is 14.7. The number of fused-ring (bicyclic) bond motifs is 1. The van der Waals surface area contributed by atoms with Gasteiger partial charge < -0.3 is 0 Å². The third kappa shape index (κ3) is 4.22. The third-order valence-corrected chi connectivity index (χ3v) is 5.94. The van der Waals surface area contributed by atoms with Crippen LogP contribution in [0, 0.1) is 40.7 Å². The highest BCUT2D eigenvalue weighted by molar-refractivity contribution is 5.36. The number of hydrogen-bond donors (Lipinski definition) is 0. The Kier molecular flexibility index (Phi) is 4.88. The molecule has 0 N–H and O–H groups in total. The maximum absolute atomic E-state index is 14.1. The van der Waals surface area contributed by atoms with E-state index in [9.17, 15) is 8.78 Å². The van der Waals surface area contributed by atoms with Crippen LogP contribution in [-0.2, 0) is 0 Å². The predicted molar refractivity (Wildman–Crippen MR) is 96.1 cm³/mol. The summed E-state index contributed by atoms with van der Waals surface area (Å²) in [6.45, 7) is 2.19. The summed E-state index contributed by atoms with van der Waals surface area (Å²) in [5, 5.41) is 8.87. The van der Waals surface area contributed by atoms with Gasteiger partial charge in [-0.2, -0.15) is 5.26 Å². The van der Waals surface area contributed by atoms with E-state index < -0.39 is 35.9 Å². The smallest absolute Gasteiger partial charge is 0.144 e. The monoisotopic (exact) mass is 348 g/mol. The molecular formula is C22H29F2N. The Morgan fingerprint density at radius 2 is 1.92 bits per heavy atom. The predicted octanol–water partition coefficient (Wildman–Crippen LogP) is 6.72. The zero-order valence-corrected chi connectivity index (χ0v) is 14.9. The Labute approximate surface area is 154 Å². The SMILES string of the molecule is [2H]C1C2CCC(CCCCC)CC2CC([2H])([2H])C1c1cc(F)c(C#N)c(F)c1. The summed E-state index contributed by atoms with van der Waals surface area (Å²) in [6.07, 6.45) is 5.65. The Morgan fingerprint density at radius 3 is 2.60 bits per heavy atom. The molecule has 0 amide bonds. The second-order valence-corrected chi connectivity index (χ2v) is 7.65. The fourth-order valence-electron chi connectivity index (χ4n) is 4.52. The summed E-state index contributed by atoms with van der Waals surface area (Å²) >= 11 is 0. The van der Waals surface area contributed by atoms with E-state index in [1.165, 1.54) is 31.8 Å². The summed E-state index contributed by atoms with van der Waals surface area (Å²) in [7, 11) is 0. The summed E-state index contributed by atoms with van der Waals surface area (Å²) < 4.78 is 54.2. The summed E-state index contributed by atoms with van der Waals surface area (Å²) in [5.41, 5.74) is -0.477. The second kappa shape index (κ2) is 8.30. The molecule has 0 spiro atoms. The van der Waals surface area contributed by atoms with Gasteiger partial charge in [0.1, 0.15) is 23.3 Å². The van der Waals surface area contributed by atoms with E-state index in [1.807, 2.05) is 0 Å². The van der Waals surface area contributed by atoms with Crippen molar-refractivity contribution in [1.82, 2.24) is 0 Å². The summed E-state index contributed by atoms with van der Waals surface area (Å²) in [5.74, 6) is -1.97. The Morgan fingerprint density at radius 1 is 1.16 bits per heavy atom. The topological polar surface area (TPSA) is 23.8 Å². The molecule has 2 aliphatic carbocycles. The van der Waals surface area contributed by atoms with Gasteiger partial charge in [0.05, 0.1) is 0 Å². The van der Waals surface area contributed by atoms with Crippen molar-refractivity contribution in [3.05, 3.63) is 34.9 Å². The van der Waals surface area contributed by atoms with Crippen LogP contribution in [0.4, 0.5) is 8.78 Å². The average Bonchev–Trinajstić information content (AvgIpc) is 2.60. The quantitative estimate of drug-likeness (QED) is 0.542. The lowest BCUT2D eigenvalue weighted by atomic mass is 9.63. The summed E-state index contributed by atoms with van der Waals surface area (Å²) in [6, 6.07) is 3.62. The van der Waals surface area contributed by atoms with Gasteiger partial charge in [-0.1, -0.05) is 39.0 Å². The first-order valence-corrected chi connectivity index (χ1v) is 9.59.